The Kier molecular flexibility index (Phi) is 4.64. The first kappa shape index (κ1) is 21.5. The van der Waals surface area contributed by atoms with Gasteiger partial charge in [0.2, 0.25) is 0 Å². The van der Waals surface area contributed by atoms with Crippen LogP contribution in [-0.4, -0.2) is 0 Å². The van der Waals surface area contributed by atoms with Gasteiger partial charge in [0.1, 0.15) is 11.2 Å². The highest BCUT2D eigenvalue weighted by atomic mass is 35.5. The van der Waals surface area contributed by atoms with Crippen LogP contribution in [0, 0.1) is 0 Å². The van der Waals surface area contributed by atoms with Gasteiger partial charge in [0.25, 0.3) is 0 Å². The molecule has 0 aliphatic rings. The fourth-order valence-corrected chi connectivity index (χ4v) is 6.15. The minimum atomic E-state index is 0.747. The van der Waals surface area contributed by atoms with E-state index in [9.17, 15) is 0 Å². The number of hydrogen-bond donors (Lipinski definition) is 0. The number of fused-ring (bicyclic) bond motifs is 9. The summed E-state index contributed by atoms with van der Waals surface area (Å²) in [5, 5.41) is 10.7. The third kappa shape index (κ3) is 3.19. The summed E-state index contributed by atoms with van der Waals surface area (Å²) in [6, 6.07) is 45.0. The van der Waals surface area contributed by atoms with Gasteiger partial charge in [0.15, 0.2) is 0 Å². The lowest BCUT2D eigenvalue weighted by molar-refractivity contribution is 0.669. The van der Waals surface area contributed by atoms with Crippen molar-refractivity contribution in [3.63, 3.8) is 0 Å². The summed E-state index contributed by atoms with van der Waals surface area (Å²) in [7, 11) is 0. The molecule has 0 saturated heterocycles. The largest absolute Gasteiger partial charge is 0.456 e. The Labute approximate surface area is 224 Å². The fourth-order valence-electron chi connectivity index (χ4n) is 5.91. The first-order chi connectivity index (χ1) is 18.7. The molecule has 0 amide bonds. The van der Waals surface area contributed by atoms with Crippen molar-refractivity contribution >= 4 is 65.9 Å². The molecule has 8 rings (SSSR count). The number of hydrogen-bond acceptors (Lipinski definition) is 1. The summed E-state index contributed by atoms with van der Waals surface area (Å²) >= 11 is 6.51. The Balaban J connectivity index is 1.35. The van der Waals surface area contributed by atoms with E-state index in [0.29, 0.717) is 0 Å². The Morgan fingerprint density at radius 2 is 0.816 bits per heavy atom. The molecular weight excluding hydrogens is 484 g/mol. The van der Waals surface area contributed by atoms with Gasteiger partial charge in [0, 0.05) is 21.4 Å². The van der Waals surface area contributed by atoms with Gasteiger partial charge in [0.05, 0.1) is 0 Å². The molecule has 0 aliphatic heterocycles. The zero-order chi connectivity index (χ0) is 25.2. The van der Waals surface area contributed by atoms with Gasteiger partial charge in [-0.15, -0.1) is 0 Å². The van der Waals surface area contributed by atoms with Crippen LogP contribution in [0.5, 0.6) is 0 Å². The van der Waals surface area contributed by atoms with Crippen molar-refractivity contribution in [3.8, 4) is 22.3 Å². The predicted octanol–water partition coefficient (Wildman–Crippen LogP) is 11.0. The van der Waals surface area contributed by atoms with Crippen LogP contribution in [-0.2, 0) is 0 Å². The van der Waals surface area contributed by atoms with Crippen LogP contribution in [0.2, 0.25) is 5.02 Å². The summed E-state index contributed by atoms with van der Waals surface area (Å²) in [5.41, 5.74) is 6.23. The van der Waals surface area contributed by atoms with Crippen molar-refractivity contribution in [2.24, 2.45) is 0 Å². The zero-order valence-electron chi connectivity index (χ0n) is 20.4. The lowest BCUT2D eigenvalue weighted by atomic mass is 9.92. The quantitative estimate of drug-likeness (QED) is 0.213. The van der Waals surface area contributed by atoms with E-state index in [2.05, 4.69) is 103 Å². The maximum Gasteiger partial charge on any atom is 0.135 e. The molecule has 0 atom stereocenters. The van der Waals surface area contributed by atoms with Crippen LogP contribution in [0.25, 0.3) is 76.5 Å². The van der Waals surface area contributed by atoms with Gasteiger partial charge in [-0.2, -0.15) is 0 Å². The second-order valence-electron chi connectivity index (χ2n) is 9.86. The van der Waals surface area contributed by atoms with Gasteiger partial charge < -0.3 is 4.42 Å². The summed E-state index contributed by atoms with van der Waals surface area (Å²) in [6.45, 7) is 0. The minimum absolute atomic E-state index is 0.747. The molecule has 0 radical (unpaired) electrons. The Morgan fingerprint density at radius 3 is 1.45 bits per heavy atom. The SMILES string of the molecule is Clc1ccccc1-c1ccc2oc3ccc(-c4ccc5c6ccccc6c6ccccc6c5c4)cc3c2c1. The molecule has 1 heterocycles. The second kappa shape index (κ2) is 8.21. The van der Waals surface area contributed by atoms with Gasteiger partial charge in [-0.1, -0.05) is 103 Å². The monoisotopic (exact) mass is 504 g/mol. The molecule has 0 saturated carbocycles. The molecular formula is C36H21ClO. The topological polar surface area (TPSA) is 13.1 Å². The first-order valence-electron chi connectivity index (χ1n) is 12.8. The highest BCUT2D eigenvalue weighted by Crippen LogP contribution is 2.39. The smallest absolute Gasteiger partial charge is 0.135 e. The summed E-state index contributed by atoms with van der Waals surface area (Å²) in [6.07, 6.45) is 0. The molecule has 0 N–H and O–H groups in total. The Hall–Kier alpha value is -4.59. The van der Waals surface area contributed by atoms with E-state index in [1.54, 1.807) is 0 Å². The predicted molar refractivity (Wildman–Crippen MR) is 162 cm³/mol. The van der Waals surface area contributed by atoms with Gasteiger partial charge >= 0.3 is 0 Å². The van der Waals surface area contributed by atoms with Crippen LogP contribution in [0.1, 0.15) is 0 Å². The van der Waals surface area contributed by atoms with E-state index in [4.69, 9.17) is 16.0 Å². The summed E-state index contributed by atoms with van der Waals surface area (Å²) < 4.78 is 6.21. The number of furan rings is 1. The highest BCUT2D eigenvalue weighted by Gasteiger charge is 2.13. The molecule has 38 heavy (non-hydrogen) atoms. The molecule has 2 heteroatoms. The third-order valence-corrected chi connectivity index (χ3v) is 8.06. The molecule has 0 bridgehead atoms. The van der Waals surface area contributed by atoms with Crippen molar-refractivity contribution in [1.29, 1.82) is 0 Å². The summed E-state index contributed by atoms with van der Waals surface area (Å²) in [5.74, 6) is 0. The van der Waals surface area contributed by atoms with E-state index in [-0.39, 0.29) is 0 Å². The zero-order valence-corrected chi connectivity index (χ0v) is 21.2. The van der Waals surface area contributed by atoms with Crippen molar-refractivity contribution in [2.45, 2.75) is 0 Å². The van der Waals surface area contributed by atoms with Gasteiger partial charge in [-0.25, -0.2) is 0 Å². The molecule has 0 spiro atoms. The van der Waals surface area contributed by atoms with Crippen LogP contribution >= 0.6 is 11.6 Å². The molecule has 1 nitrogen and oxygen atoms in total. The lowest BCUT2D eigenvalue weighted by Gasteiger charge is -2.12. The maximum absolute atomic E-state index is 6.51. The number of rotatable bonds is 2. The molecule has 0 unspecified atom stereocenters. The molecule has 7 aromatic carbocycles. The number of benzene rings is 7. The van der Waals surface area contributed by atoms with Gasteiger partial charge in [-0.3, -0.25) is 0 Å². The first-order valence-corrected chi connectivity index (χ1v) is 13.2. The van der Waals surface area contributed by atoms with E-state index >= 15 is 0 Å². The standard InChI is InChI=1S/C36H21ClO/c37-34-12-6-5-7-25(34)24-15-18-36-33(21-24)32-20-23(14-17-35(32)38-36)22-13-16-30-28-10-2-1-8-26(28)27-9-3-4-11-29(27)31(30)19-22/h1-21H. The van der Waals surface area contributed by atoms with Crippen LogP contribution in [0.3, 0.4) is 0 Å². The normalized spacial score (nSPS) is 11.8. The fraction of sp³-hybridized carbons (Fsp3) is 0. The maximum atomic E-state index is 6.51. The Morgan fingerprint density at radius 1 is 0.368 bits per heavy atom. The van der Waals surface area contributed by atoms with Crippen LogP contribution < -0.4 is 0 Å². The van der Waals surface area contributed by atoms with E-state index < -0.39 is 0 Å². The van der Waals surface area contributed by atoms with Crippen LogP contribution in [0.15, 0.2) is 132 Å². The van der Waals surface area contributed by atoms with E-state index in [1.165, 1.54) is 43.4 Å². The molecule has 178 valence electrons. The molecule has 0 aliphatic carbocycles. The van der Waals surface area contributed by atoms with Crippen molar-refractivity contribution in [2.75, 3.05) is 0 Å². The molecule has 8 aromatic rings. The molecule has 1 aromatic heterocycles. The number of halogens is 1. The van der Waals surface area contributed by atoms with E-state index in [0.717, 1.165) is 38.1 Å². The van der Waals surface area contributed by atoms with E-state index in [1.807, 2.05) is 24.3 Å². The lowest BCUT2D eigenvalue weighted by Crippen LogP contribution is -1.85. The Bertz CT molecular complexity index is 2170. The highest BCUT2D eigenvalue weighted by molar-refractivity contribution is 6.33. The molecule has 0 fully saturated rings. The minimum Gasteiger partial charge on any atom is -0.456 e. The van der Waals surface area contributed by atoms with Crippen LogP contribution in [0.4, 0.5) is 0 Å². The van der Waals surface area contributed by atoms with Crippen molar-refractivity contribution in [1.82, 2.24) is 0 Å². The van der Waals surface area contributed by atoms with Crippen molar-refractivity contribution in [3.05, 3.63) is 132 Å². The van der Waals surface area contributed by atoms with Crippen molar-refractivity contribution < 1.29 is 4.42 Å². The average molecular weight is 505 g/mol. The second-order valence-corrected chi connectivity index (χ2v) is 10.3. The van der Waals surface area contributed by atoms with Gasteiger partial charge in [-0.05, 0) is 85.4 Å². The summed E-state index contributed by atoms with van der Waals surface area (Å²) in [4.78, 5) is 0. The third-order valence-electron chi connectivity index (χ3n) is 7.73. The average Bonchev–Trinajstić information content (AvgIpc) is 3.34.